The van der Waals surface area contributed by atoms with E-state index in [2.05, 4.69) is 95.1 Å². The number of phenols is 1. The molecule has 10 rings (SSSR count). The molecule has 0 spiro atoms. The number of aromatic nitrogens is 6. The van der Waals surface area contributed by atoms with E-state index >= 15 is 0 Å². The van der Waals surface area contributed by atoms with Gasteiger partial charge in [0.05, 0.1) is 49.0 Å². The van der Waals surface area contributed by atoms with Crippen molar-refractivity contribution in [1.29, 1.82) is 0 Å². The molecular formula is C60H46F2N16Na4O32S10. The minimum atomic E-state index is -5.56. The topological polar surface area (TPSA) is 792 Å². The van der Waals surface area contributed by atoms with Gasteiger partial charge in [-0.25, -0.2) is 33.7 Å². The van der Waals surface area contributed by atoms with E-state index in [0.717, 1.165) is 5.41 Å². The summed E-state index contributed by atoms with van der Waals surface area (Å²) in [6.45, 7) is 5.67. The Bertz CT molecular complexity index is 7350. The predicted molar refractivity (Wildman–Crippen MR) is 402 cm³/mol. The Kier molecular flexibility index (Phi) is 35.4. The van der Waals surface area contributed by atoms with Crippen LogP contribution in [0, 0.1) is 12.2 Å². The van der Waals surface area contributed by atoms with Crippen LogP contribution in [0.25, 0.3) is 21.5 Å². The summed E-state index contributed by atoms with van der Waals surface area (Å²) in [7, 11) is -49.8. The Morgan fingerprint density at radius 1 is 0.435 bits per heavy atom. The number of phenolic OH excluding ortho intramolecular Hbond substituents is 1. The van der Waals surface area contributed by atoms with Gasteiger partial charge in [0.25, 0.3) is 66.6 Å². The van der Waals surface area contributed by atoms with Gasteiger partial charge in [0.1, 0.15) is 56.9 Å². The number of carbonyl (C=O) groups excluding carboxylic acids is 1. The molecule has 0 radical (unpaired) electrons. The summed E-state index contributed by atoms with van der Waals surface area (Å²) in [4.78, 5) is 28.5. The van der Waals surface area contributed by atoms with Gasteiger partial charge in [-0.2, -0.15) is 89.2 Å². The third-order valence-electron chi connectivity index (χ3n) is 15.2. The zero-order valence-corrected chi connectivity index (χ0v) is 78.7. The van der Waals surface area contributed by atoms with Crippen LogP contribution in [0.3, 0.4) is 0 Å². The number of sulfone groups is 2. The molecule has 48 nitrogen and oxygen atoms in total. The minimum Gasteiger partial charge on any atom is -0.870 e. The molecule has 0 saturated carbocycles. The smallest absolute Gasteiger partial charge is 0.870 e. The summed E-state index contributed by atoms with van der Waals surface area (Å²) in [5.41, 5.74) is -6.19. The van der Waals surface area contributed by atoms with E-state index < -0.39 is 273 Å². The second-order valence-corrected chi connectivity index (χ2v) is 38.7. The van der Waals surface area contributed by atoms with Crippen LogP contribution >= 0.6 is 0 Å². The van der Waals surface area contributed by atoms with Gasteiger partial charge >= 0.3 is 130 Å². The first-order chi connectivity index (χ1) is 55.3. The van der Waals surface area contributed by atoms with E-state index in [9.17, 15) is 149 Å². The molecule has 8 aromatic carbocycles. The minimum absolute atomic E-state index is 0. The normalized spacial score (nSPS) is 12.5. The van der Waals surface area contributed by atoms with E-state index in [1.54, 1.807) is 0 Å². The third-order valence-corrected chi connectivity index (χ3v) is 24.6. The maximum absolute atomic E-state index is 14.8. The van der Waals surface area contributed by atoms with E-state index in [4.69, 9.17) is 0 Å². The number of nitrogens with one attached hydrogen (secondary N) is 5. The number of aromatic hydroxyl groups is 1. The molecule has 0 atom stereocenters. The largest absolute Gasteiger partial charge is 1.00 e. The second kappa shape index (κ2) is 41.2. The van der Waals surface area contributed by atoms with Gasteiger partial charge in [-0.05, 0) is 131 Å². The number of hydrogen-bond acceptors (Lipinski definition) is 41. The number of amides is 1. The number of nitrogens with zero attached hydrogens (tertiary/aromatic N) is 11. The number of rotatable bonds is 30. The number of hydrogen-bond donors (Lipinski definition) is 12. The Hall–Kier alpha value is -8.24. The molecule has 124 heavy (non-hydrogen) atoms. The molecule has 636 valence electrons. The molecule has 2 heterocycles. The molecular weight excluding hydrogens is 1910 g/mol. The van der Waals surface area contributed by atoms with Crippen LogP contribution in [-0.2, 0) is 101 Å². The van der Waals surface area contributed by atoms with Crippen LogP contribution in [0.4, 0.5) is 78.1 Å². The molecule has 2 aromatic heterocycles. The SMILES string of the molecule is C=CS(=O)(=O)CCN=C([O-])c1cccc(Nc2nc(F)nc(Nc3cc(S(=O)(=O)[O-])cc4cc(S(=O)(=O)O)c(N=Nc5cc(S(=O)(=O)[O-])ccc5S(=O)(=O)O)c([O-])c34)n2)c1.C=CS(=O)(=O)CCNC(=O)c1cccc(Nc2nc(F)nc(Nc3cc(S(=O)(=O)O)cc4cc(S(=O)(=O)O)c(N=Nc5cc(S(=O)(=O)O)ccc5S(=O)(=O)O)c(O)c34)n2)c1.[Na+].[Na+].[Na+].[Na+]. The van der Waals surface area contributed by atoms with Gasteiger partial charge < -0.3 is 51.0 Å². The van der Waals surface area contributed by atoms with E-state index in [-0.39, 0.29) is 153 Å². The first-order valence-electron chi connectivity index (χ1n) is 31.2. The molecule has 0 unspecified atom stereocenters. The summed E-state index contributed by atoms with van der Waals surface area (Å²) in [5.74, 6) is -8.13. The van der Waals surface area contributed by atoms with Crippen LogP contribution in [0.2, 0.25) is 0 Å². The Balaban J connectivity index is 0.000000427. The van der Waals surface area contributed by atoms with E-state index in [1.165, 1.54) is 48.5 Å². The Morgan fingerprint density at radius 3 is 1.29 bits per heavy atom. The first kappa shape index (κ1) is 106. The van der Waals surface area contributed by atoms with Crippen molar-refractivity contribution in [2.45, 2.75) is 39.2 Å². The fourth-order valence-corrected chi connectivity index (χ4v) is 15.6. The molecule has 0 fully saturated rings. The van der Waals surface area contributed by atoms with Crippen LogP contribution < -0.4 is 155 Å². The molecule has 0 aliphatic carbocycles. The van der Waals surface area contributed by atoms with Crippen molar-refractivity contribution < 1.29 is 268 Å². The summed E-state index contributed by atoms with van der Waals surface area (Å²) in [6, 6.07) is 16.3. The second-order valence-electron chi connectivity index (χ2n) is 23.4. The summed E-state index contributed by atoms with van der Waals surface area (Å²) in [5, 5.41) is 62.3. The van der Waals surface area contributed by atoms with Crippen LogP contribution in [0.15, 0.2) is 210 Å². The molecule has 0 aliphatic rings. The maximum atomic E-state index is 14.8. The predicted octanol–water partition coefficient (Wildman–Crippen LogP) is -7.83. The monoisotopic (exact) mass is 1950 g/mol. The number of benzene rings is 8. The van der Waals surface area contributed by atoms with Crippen molar-refractivity contribution in [2.75, 3.05) is 45.9 Å². The zero-order chi connectivity index (χ0) is 89.2. The summed E-state index contributed by atoms with van der Waals surface area (Å²) in [6.07, 6.45) is -3.02. The Labute approximate surface area is 787 Å². The average molecular weight is 1950 g/mol. The number of halogens is 2. The molecule has 64 heteroatoms. The maximum Gasteiger partial charge on any atom is 1.00 e. The van der Waals surface area contributed by atoms with Crippen molar-refractivity contribution in [3.8, 4) is 11.5 Å². The molecule has 0 aliphatic heterocycles. The quantitative estimate of drug-likeness (QED) is 0.00654. The van der Waals surface area contributed by atoms with Gasteiger partial charge in [-0.15, -0.1) is 20.5 Å². The number of azo groups is 2. The summed E-state index contributed by atoms with van der Waals surface area (Å²) >= 11 is 0. The molecule has 10 aromatic rings. The van der Waals surface area contributed by atoms with Crippen molar-refractivity contribution in [3.63, 3.8) is 0 Å². The van der Waals surface area contributed by atoms with Crippen molar-refractivity contribution in [3.05, 3.63) is 169 Å². The fraction of sp³-hybridized carbons (Fsp3) is 0.0667. The molecule has 0 bridgehead atoms. The fourth-order valence-electron chi connectivity index (χ4n) is 9.92. The van der Waals surface area contributed by atoms with Crippen LogP contribution in [0.5, 0.6) is 11.5 Å². The van der Waals surface area contributed by atoms with Crippen molar-refractivity contribution >= 4 is 203 Å². The van der Waals surface area contributed by atoms with Gasteiger partial charge in [0, 0.05) is 45.4 Å². The van der Waals surface area contributed by atoms with Crippen molar-refractivity contribution in [1.82, 2.24) is 35.2 Å². The average Bonchev–Trinajstić information content (AvgIpc) is 0.748. The zero-order valence-electron chi connectivity index (χ0n) is 62.5. The molecule has 0 saturated heterocycles. The number of anilines is 8. The van der Waals surface area contributed by atoms with Crippen LogP contribution in [-0.4, -0.2) is 192 Å². The van der Waals surface area contributed by atoms with Gasteiger partial charge in [-0.1, -0.05) is 37.1 Å². The first-order valence-corrected chi connectivity index (χ1v) is 46.1. The van der Waals surface area contributed by atoms with Gasteiger partial charge in [0.15, 0.2) is 25.4 Å². The van der Waals surface area contributed by atoms with Crippen LogP contribution in [0.1, 0.15) is 15.9 Å². The molecule has 12 N–H and O–H groups in total. The standard InChI is InChI=1S/2C30H25FN8O16S5.4Na/c2*1-2-56(42,43)9-8-32-27(41)15-4-3-5-17(10-15)33-29-35-28(31)36-30(37-29)34-21-14-19(58(47,48)49)11-16-12-23(60(53,54)55)25(26(40)24(16)21)39-38-20-13-18(57(44,45)46)6-7-22(20)59(50,51)52;;;;/h2*2-7,10-14,40H,1,8-9H2,(H,32,41)(H,44,45,46)(H,47,48,49)(H,50,51,52)(H,53,54,55)(H2,33,34,35,36,37);;;;/q;;4*+1/p-4. The number of carbonyl (C=O) groups is 1. The molecule has 1 amide bonds. The van der Waals surface area contributed by atoms with E-state index in [1.807, 2.05) is 0 Å². The Morgan fingerprint density at radius 2 is 0.831 bits per heavy atom. The van der Waals surface area contributed by atoms with E-state index in [0.29, 0.717) is 72.1 Å². The number of aliphatic imine (C=N–C) groups is 1. The number of fused-ring (bicyclic) bond motifs is 2. The van der Waals surface area contributed by atoms with Gasteiger partial charge in [0.2, 0.25) is 23.8 Å². The summed E-state index contributed by atoms with van der Waals surface area (Å²) < 4.78 is 351. The van der Waals surface area contributed by atoms with Gasteiger partial charge in [-0.3, -0.25) is 37.1 Å². The van der Waals surface area contributed by atoms with Crippen molar-refractivity contribution in [2.24, 2.45) is 25.4 Å². The third kappa shape index (κ3) is 27.9.